The first kappa shape index (κ1) is 10.8. The molecule has 2 aromatic rings. The van der Waals surface area contributed by atoms with Crippen molar-refractivity contribution in [3.63, 3.8) is 0 Å². The number of aromatic nitrogens is 4. The summed E-state index contributed by atoms with van der Waals surface area (Å²) in [5.74, 6) is 0. The molecule has 0 unspecified atom stereocenters. The number of hydrogen-bond acceptors (Lipinski definition) is 4. The fourth-order valence-corrected chi connectivity index (χ4v) is 1.46. The third-order valence-corrected chi connectivity index (χ3v) is 2.58. The van der Waals surface area contributed by atoms with Gasteiger partial charge in [-0.1, -0.05) is 0 Å². The van der Waals surface area contributed by atoms with Crippen LogP contribution in [0.5, 0.6) is 0 Å². The summed E-state index contributed by atoms with van der Waals surface area (Å²) in [6.45, 7) is 3.59. The van der Waals surface area contributed by atoms with E-state index in [4.69, 9.17) is 0 Å². The van der Waals surface area contributed by atoms with Crippen LogP contribution in [0, 0.1) is 6.92 Å². The average molecular weight is 217 g/mol. The van der Waals surface area contributed by atoms with Gasteiger partial charge in [0.1, 0.15) is 0 Å². The predicted octanol–water partition coefficient (Wildman–Crippen LogP) is 0.808. The monoisotopic (exact) mass is 217 g/mol. The first-order chi connectivity index (χ1) is 7.77. The summed E-state index contributed by atoms with van der Waals surface area (Å²) in [5, 5.41) is 7.51. The van der Waals surface area contributed by atoms with E-state index >= 15 is 0 Å². The highest BCUT2D eigenvalue weighted by molar-refractivity contribution is 5.15. The van der Waals surface area contributed by atoms with Gasteiger partial charge in [0.2, 0.25) is 0 Å². The van der Waals surface area contributed by atoms with Crippen LogP contribution in [-0.4, -0.2) is 19.7 Å². The highest BCUT2D eigenvalue weighted by Gasteiger charge is 2.02. The van der Waals surface area contributed by atoms with Gasteiger partial charge in [-0.15, -0.1) is 0 Å². The topological polar surface area (TPSA) is 55.6 Å². The lowest BCUT2D eigenvalue weighted by molar-refractivity contribution is 0.670. The Labute approximate surface area is 94.5 Å². The number of nitrogens with one attached hydrogen (secondary N) is 1. The van der Waals surface area contributed by atoms with Gasteiger partial charge in [0.05, 0.1) is 11.9 Å². The van der Waals surface area contributed by atoms with Gasteiger partial charge in [0, 0.05) is 50.0 Å². The average Bonchev–Trinajstić information content (AvgIpc) is 2.62. The lowest BCUT2D eigenvalue weighted by atomic mass is 10.2. The Balaban J connectivity index is 1.87. The van der Waals surface area contributed by atoms with E-state index in [0.717, 1.165) is 18.8 Å². The Kier molecular flexibility index (Phi) is 3.26. The van der Waals surface area contributed by atoms with E-state index in [1.165, 1.54) is 11.3 Å². The second-order valence-electron chi connectivity index (χ2n) is 3.68. The van der Waals surface area contributed by atoms with Crippen molar-refractivity contribution in [2.24, 2.45) is 7.05 Å². The molecule has 16 heavy (non-hydrogen) atoms. The molecule has 0 saturated carbocycles. The summed E-state index contributed by atoms with van der Waals surface area (Å²) in [5.41, 5.74) is 3.35. The molecule has 2 aromatic heterocycles. The Morgan fingerprint density at radius 3 is 2.75 bits per heavy atom. The Bertz CT molecular complexity index is 449. The smallest absolute Gasteiger partial charge is 0.0724 e. The van der Waals surface area contributed by atoms with Crippen LogP contribution in [0.25, 0.3) is 0 Å². The van der Waals surface area contributed by atoms with E-state index < -0.39 is 0 Å². The molecule has 5 heteroatoms. The Morgan fingerprint density at radius 1 is 1.25 bits per heavy atom. The van der Waals surface area contributed by atoms with Gasteiger partial charge in [0.15, 0.2) is 0 Å². The molecule has 0 atom stereocenters. The molecule has 0 aromatic carbocycles. The second kappa shape index (κ2) is 4.85. The van der Waals surface area contributed by atoms with Gasteiger partial charge < -0.3 is 5.32 Å². The Morgan fingerprint density at radius 2 is 2.12 bits per heavy atom. The van der Waals surface area contributed by atoms with Gasteiger partial charge in [-0.2, -0.15) is 5.10 Å². The molecule has 84 valence electrons. The maximum Gasteiger partial charge on any atom is 0.0724 e. The van der Waals surface area contributed by atoms with Crippen LogP contribution in [0.3, 0.4) is 0 Å². The molecule has 0 spiro atoms. The van der Waals surface area contributed by atoms with Gasteiger partial charge in [-0.3, -0.25) is 14.6 Å². The molecular weight excluding hydrogens is 202 g/mol. The number of rotatable bonds is 4. The lowest BCUT2D eigenvalue weighted by Crippen LogP contribution is -2.14. The number of nitrogens with zero attached hydrogens (tertiary/aromatic N) is 4. The SMILES string of the molecule is Cc1c(CNCc2cnccn2)cnn1C. The zero-order valence-corrected chi connectivity index (χ0v) is 9.51. The molecular formula is C11H15N5. The second-order valence-corrected chi connectivity index (χ2v) is 3.68. The summed E-state index contributed by atoms with van der Waals surface area (Å²) in [4.78, 5) is 8.20. The maximum absolute atomic E-state index is 4.19. The van der Waals surface area contributed by atoms with Gasteiger partial charge in [-0.05, 0) is 6.92 Å². The van der Waals surface area contributed by atoms with Crippen molar-refractivity contribution in [1.82, 2.24) is 25.1 Å². The minimum Gasteiger partial charge on any atom is -0.307 e. The normalized spacial score (nSPS) is 10.6. The summed E-state index contributed by atoms with van der Waals surface area (Å²) in [6, 6.07) is 0. The highest BCUT2D eigenvalue weighted by Crippen LogP contribution is 2.04. The fourth-order valence-electron chi connectivity index (χ4n) is 1.46. The van der Waals surface area contributed by atoms with Crippen LogP contribution in [-0.2, 0) is 20.1 Å². The molecule has 0 aliphatic heterocycles. The van der Waals surface area contributed by atoms with Crippen molar-refractivity contribution < 1.29 is 0 Å². The summed E-state index contributed by atoms with van der Waals surface area (Å²) < 4.78 is 1.87. The summed E-state index contributed by atoms with van der Waals surface area (Å²) >= 11 is 0. The summed E-state index contributed by atoms with van der Waals surface area (Å²) in [6.07, 6.45) is 7.03. The molecule has 0 radical (unpaired) electrons. The molecule has 2 rings (SSSR count). The zero-order valence-electron chi connectivity index (χ0n) is 9.51. The van der Waals surface area contributed by atoms with Crippen LogP contribution >= 0.6 is 0 Å². The largest absolute Gasteiger partial charge is 0.307 e. The molecule has 0 amide bonds. The van der Waals surface area contributed by atoms with E-state index in [1.54, 1.807) is 18.6 Å². The molecule has 1 N–H and O–H groups in total. The maximum atomic E-state index is 4.19. The van der Waals surface area contributed by atoms with E-state index in [2.05, 4.69) is 27.3 Å². The summed E-state index contributed by atoms with van der Waals surface area (Å²) in [7, 11) is 1.95. The van der Waals surface area contributed by atoms with Crippen LogP contribution in [0.15, 0.2) is 24.8 Å². The first-order valence-corrected chi connectivity index (χ1v) is 5.20. The van der Waals surface area contributed by atoms with E-state index in [-0.39, 0.29) is 0 Å². The standard InChI is InChI=1S/C11H15N5/c1-9-10(6-15-16(9)2)5-13-8-11-7-12-3-4-14-11/h3-4,6-7,13H,5,8H2,1-2H3. The van der Waals surface area contributed by atoms with Gasteiger partial charge >= 0.3 is 0 Å². The van der Waals surface area contributed by atoms with Gasteiger partial charge in [0.25, 0.3) is 0 Å². The Hall–Kier alpha value is -1.75. The molecule has 0 fully saturated rings. The molecule has 0 saturated heterocycles. The van der Waals surface area contributed by atoms with Crippen molar-refractivity contribution in [2.45, 2.75) is 20.0 Å². The van der Waals surface area contributed by atoms with Crippen molar-refractivity contribution in [3.8, 4) is 0 Å². The highest BCUT2D eigenvalue weighted by atomic mass is 15.3. The molecule has 2 heterocycles. The van der Waals surface area contributed by atoms with E-state index in [9.17, 15) is 0 Å². The lowest BCUT2D eigenvalue weighted by Gasteiger charge is -2.03. The third-order valence-electron chi connectivity index (χ3n) is 2.58. The molecule has 0 aliphatic rings. The van der Waals surface area contributed by atoms with E-state index in [1.807, 2.05) is 17.9 Å². The first-order valence-electron chi connectivity index (χ1n) is 5.20. The number of aryl methyl sites for hydroxylation is 1. The minimum absolute atomic E-state index is 0.724. The molecule has 0 aliphatic carbocycles. The van der Waals surface area contributed by atoms with Crippen molar-refractivity contribution >= 4 is 0 Å². The van der Waals surface area contributed by atoms with Crippen molar-refractivity contribution in [2.75, 3.05) is 0 Å². The molecule has 5 nitrogen and oxygen atoms in total. The fraction of sp³-hybridized carbons (Fsp3) is 0.364. The van der Waals surface area contributed by atoms with Crippen molar-refractivity contribution in [3.05, 3.63) is 41.7 Å². The van der Waals surface area contributed by atoms with Crippen LogP contribution in [0.1, 0.15) is 17.0 Å². The van der Waals surface area contributed by atoms with Crippen LogP contribution < -0.4 is 5.32 Å². The molecule has 0 bridgehead atoms. The van der Waals surface area contributed by atoms with Crippen LogP contribution in [0.4, 0.5) is 0 Å². The van der Waals surface area contributed by atoms with Gasteiger partial charge in [-0.25, -0.2) is 0 Å². The predicted molar refractivity (Wildman–Crippen MR) is 60.5 cm³/mol. The van der Waals surface area contributed by atoms with Crippen molar-refractivity contribution in [1.29, 1.82) is 0 Å². The third kappa shape index (κ3) is 2.43. The van der Waals surface area contributed by atoms with Crippen LogP contribution in [0.2, 0.25) is 0 Å². The zero-order chi connectivity index (χ0) is 11.4. The van der Waals surface area contributed by atoms with E-state index in [0.29, 0.717) is 0 Å². The minimum atomic E-state index is 0.724. The number of hydrogen-bond donors (Lipinski definition) is 1. The quantitative estimate of drug-likeness (QED) is 0.823.